The second kappa shape index (κ2) is 16.7. The number of hydrogen-bond acceptors (Lipinski definition) is 11. The van der Waals surface area contributed by atoms with E-state index in [1.165, 1.54) is 41.0 Å². The number of hydrogen-bond donors (Lipinski definition) is 3. The number of carbonyl (C=O) groups is 5. The van der Waals surface area contributed by atoms with Gasteiger partial charge in [-0.15, -0.1) is 0 Å². The first-order valence-electron chi connectivity index (χ1n) is 19.8. The topological polar surface area (TPSA) is 237 Å². The summed E-state index contributed by atoms with van der Waals surface area (Å²) in [6, 6.07) is 12.0. The van der Waals surface area contributed by atoms with Crippen LogP contribution >= 0.6 is 11.6 Å². The Balaban J connectivity index is 0.000000140. The number of anilines is 3. The second-order valence-corrected chi connectivity index (χ2v) is 16.2. The molecule has 0 aromatic heterocycles. The molecule has 6 aliphatic rings. The molecule has 6 aliphatic heterocycles. The maximum absolute atomic E-state index is 14.0. The van der Waals surface area contributed by atoms with Gasteiger partial charge >= 0.3 is 18.1 Å². The molecule has 0 unspecified atom stereocenters. The van der Waals surface area contributed by atoms with E-state index in [9.17, 15) is 48.9 Å². The van der Waals surface area contributed by atoms with Crippen molar-refractivity contribution in [3.8, 4) is 18.2 Å². The van der Waals surface area contributed by atoms with E-state index in [4.69, 9.17) is 22.1 Å². The molecule has 6 saturated heterocycles. The van der Waals surface area contributed by atoms with Crippen molar-refractivity contribution < 1.29 is 43.7 Å². The zero-order valence-corrected chi connectivity index (χ0v) is 34.8. The molecule has 3 N–H and O–H groups in total. The van der Waals surface area contributed by atoms with Gasteiger partial charge in [0.15, 0.2) is 0 Å². The van der Waals surface area contributed by atoms with Crippen LogP contribution in [0.4, 0.5) is 35.8 Å². The van der Waals surface area contributed by atoms with Gasteiger partial charge in [-0.1, -0.05) is 17.7 Å². The first-order valence-corrected chi connectivity index (χ1v) is 20.2. The molecule has 3 aromatic carbocycles. The molecule has 320 valence electrons. The monoisotopic (exact) mass is 865 g/mol. The molecule has 3 aromatic rings. The largest absolute Gasteiger partial charge is 0.391 e. The van der Waals surface area contributed by atoms with E-state index in [-0.39, 0.29) is 45.7 Å². The highest BCUT2D eigenvalue weighted by Crippen LogP contribution is 2.38. The molecule has 8 amide bonds. The molecule has 6 atom stereocenters. The Labute approximate surface area is 360 Å². The zero-order valence-electron chi connectivity index (χ0n) is 34.0. The van der Waals surface area contributed by atoms with Gasteiger partial charge in [0.1, 0.15) is 36.1 Å². The molecule has 6 fully saturated rings. The predicted molar refractivity (Wildman–Crippen MR) is 219 cm³/mol. The van der Waals surface area contributed by atoms with Gasteiger partial charge in [0.25, 0.3) is 11.8 Å². The number of carbonyl (C=O) groups excluding carboxylic acids is 5. The minimum absolute atomic E-state index is 0.0235. The van der Waals surface area contributed by atoms with Gasteiger partial charge in [0.2, 0.25) is 0 Å². The second-order valence-electron chi connectivity index (χ2n) is 15.8. The average molecular weight is 866 g/mol. The summed E-state index contributed by atoms with van der Waals surface area (Å²) in [6.45, 7) is 8.68. The summed E-state index contributed by atoms with van der Waals surface area (Å²) in [5.41, 5.74) is 3.84. The van der Waals surface area contributed by atoms with Crippen LogP contribution in [0.3, 0.4) is 0 Å². The summed E-state index contributed by atoms with van der Waals surface area (Å²) in [6.07, 6.45) is -0.749. The highest BCUT2D eigenvalue weighted by Gasteiger charge is 2.54. The minimum atomic E-state index is -0.894. The van der Waals surface area contributed by atoms with Crippen molar-refractivity contribution in [3.05, 3.63) is 86.2 Å². The molecule has 6 heterocycles. The van der Waals surface area contributed by atoms with E-state index in [1.54, 1.807) is 22.8 Å². The van der Waals surface area contributed by atoms with E-state index < -0.39 is 60.1 Å². The van der Waals surface area contributed by atoms with Crippen LogP contribution in [0.15, 0.2) is 36.4 Å². The van der Waals surface area contributed by atoms with Crippen molar-refractivity contribution >= 4 is 58.6 Å². The maximum Gasteiger partial charge on any atom is 0.332 e. The summed E-state index contributed by atoms with van der Waals surface area (Å²) in [4.78, 5) is 69.9. The number of aryl methyl sites for hydroxylation is 1. The van der Waals surface area contributed by atoms with Gasteiger partial charge in [-0.25, -0.2) is 28.6 Å². The fourth-order valence-electron chi connectivity index (χ4n) is 8.93. The normalized spacial score (nSPS) is 24.6. The molecule has 0 aliphatic carbocycles. The summed E-state index contributed by atoms with van der Waals surface area (Å²) in [5, 5.41) is 57.3. The van der Waals surface area contributed by atoms with Crippen molar-refractivity contribution in [2.75, 3.05) is 40.9 Å². The van der Waals surface area contributed by atoms with Crippen LogP contribution in [0.25, 0.3) is 0 Å². The number of amides is 8. The Morgan fingerprint density at radius 1 is 0.613 bits per heavy atom. The van der Waals surface area contributed by atoms with Crippen molar-refractivity contribution in [3.63, 3.8) is 0 Å². The Morgan fingerprint density at radius 2 is 1.10 bits per heavy atom. The summed E-state index contributed by atoms with van der Waals surface area (Å²) >= 11 is 6.26. The number of fused-ring (bicyclic) bond motifs is 3. The van der Waals surface area contributed by atoms with Gasteiger partial charge < -0.3 is 30.0 Å². The number of halogens is 2. The third-order valence-corrected chi connectivity index (χ3v) is 13.0. The molecule has 0 saturated carbocycles. The highest BCUT2D eigenvalue weighted by atomic mass is 35.5. The number of benzene rings is 3. The van der Waals surface area contributed by atoms with Crippen molar-refractivity contribution in [2.45, 2.75) is 83.4 Å². The summed E-state index contributed by atoms with van der Waals surface area (Å²) in [7, 11) is 0. The zero-order chi connectivity index (χ0) is 45.1. The van der Waals surface area contributed by atoms with Gasteiger partial charge in [0, 0.05) is 35.9 Å². The minimum Gasteiger partial charge on any atom is -0.391 e. The van der Waals surface area contributed by atoms with Crippen LogP contribution in [-0.2, 0) is 9.59 Å². The first-order chi connectivity index (χ1) is 29.5. The molecule has 0 spiro atoms. The lowest BCUT2D eigenvalue weighted by Gasteiger charge is -2.20. The Bertz CT molecular complexity index is 2570. The quantitative estimate of drug-likeness (QED) is 0.320. The van der Waals surface area contributed by atoms with Crippen molar-refractivity contribution in [1.29, 1.82) is 15.8 Å². The third-order valence-electron chi connectivity index (χ3n) is 12.4. The molecule has 17 nitrogen and oxygen atoms in total. The van der Waals surface area contributed by atoms with Crippen LogP contribution in [-0.4, -0.2) is 123 Å². The van der Waals surface area contributed by atoms with E-state index in [1.807, 2.05) is 38.1 Å². The SMILES string of the molecule is Cc1c(N2C(=O)[C@@H]3[C@H](O)CCN3C2=O)ccc(C#N)c1C#N.Cc1c(N2C(=O)[C@@H]3[C@H](O)CCN3C2=O)ccc(C#N)c1F.Cc1ccc(N2C[C@@H]3[C@H](O)CCN3C2=O)c(C)c1Cl. The molecule has 9 rings (SSSR count). The lowest BCUT2D eigenvalue weighted by molar-refractivity contribution is -0.122. The third kappa shape index (κ3) is 6.93. The lowest BCUT2D eigenvalue weighted by atomic mass is 10.0. The Hall–Kier alpha value is -6.62. The van der Waals surface area contributed by atoms with E-state index in [0.29, 0.717) is 56.0 Å². The van der Waals surface area contributed by atoms with Crippen LogP contribution in [0, 0.1) is 67.5 Å². The summed E-state index contributed by atoms with van der Waals surface area (Å²) < 4.78 is 14.0. The number of aliphatic hydroxyl groups is 3. The van der Waals surface area contributed by atoms with Crippen LogP contribution < -0.4 is 14.7 Å². The first kappa shape index (κ1) is 43.5. The number of rotatable bonds is 3. The molecular weight excluding hydrogens is 825 g/mol. The standard InChI is InChI=1S/C15H12N4O3.C14H17ClN2O2.C14H12FN3O3/c1-8-10(7-17)9(6-16)2-3-11(8)19-14(21)13-12(20)4-5-18(13)15(19)22;1-8-3-4-10(9(2)13(8)15)17-7-11-12(18)5-6-16(11)14(17)19;1-7-9(3-2-8(6-16)11(7)15)18-13(20)12-10(19)4-5-17(12)14(18)21/h2-3,12-13,20H,4-5H2,1H3;3-4,11-12,18H,5-7H2,1-2H3;2-3,10,12,19H,4-5H2,1H3/t12-,13+;11-,12-;10-,12+/m111/s1. The number of urea groups is 3. The average Bonchev–Trinajstić information content (AvgIpc) is 4.09. The highest BCUT2D eigenvalue weighted by molar-refractivity contribution is 6.32. The fraction of sp³-hybridized carbons (Fsp3) is 0.395. The van der Waals surface area contributed by atoms with Crippen molar-refractivity contribution in [2.24, 2.45) is 0 Å². The van der Waals surface area contributed by atoms with Gasteiger partial charge in [-0.3, -0.25) is 14.5 Å². The number of imide groups is 2. The van der Waals surface area contributed by atoms with Crippen LogP contribution in [0.5, 0.6) is 0 Å². The van der Waals surface area contributed by atoms with Crippen LogP contribution in [0.2, 0.25) is 5.02 Å². The smallest absolute Gasteiger partial charge is 0.332 e. The Kier molecular flexibility index (Phi) is 11.7. The molecular formula is C43H41ClFN9O8. The van der Waals surface area contributed by atoms with Gasteiger partial charge in [0.05, 0.1) is 59.0 Å². The van der Waals surface area contributed by atoms with Crippen molar-refractivity contribution in [1.82, 2.24) is 14.7 Å². The number of aliphatic hydroxyl groups excluding tert-OH is 3. The van der Waals surface area contributed by atoms with Gasteiger partial charge in [-0.05, 0) is 94.0 Å². The number of nitriles is 3. The molecule has 0 bridgehead atoms. The number of nitrogens with zero attached hydrogens (tertiary/aromatic N) is 9. The predicted octanol–water partition coefficient (Wildman–Crippen LogP) is 3.88. The molecule has 0 radical (unpaired) electrons. The van der Waals surface area contributed by atoms with E-state index in [2.05, 4.69) is 0 Å². The van der Waals surface area contributed by atoms with E-state index >= 15 is 0 Å². The molecule has 62 heavy (non-hydrogen) atoms. The fourth-order valence-corrected chi connectivity index (χ4v) is 9.09. The van der Waals surface area contributed by atoms with E-state index in [0.717, 1.165) is 26.6 Å². The lowest BCUT2D eigenvalue weighted by Crippen LogP contribution is -2.36. The Morgan fingerprint density at radius 3 is 1.60 bits per heavy atom. The summed E-state index contributed by atoms with van der Waals surface area (Å²) in [5.74, 6) is -1.80. The van der Waals surface area contributed by atoms with Crippen LogP contribution in [0.1, 0.15) is 58.2 Å². The molecule has 19 heteroatoms. The maximum atomic E-state index is 14.0. The van der Waals surface area contributed by atoms with Gasteiger partial charge in [-0.2, -0.15) is 15.8 Å².